The summed E-state index contributed by atoms with van der Waals surface area (Å²) in [6, 6.07) is 29.1. The maximum atomic E-state index is 13.1. The highest BCUT2D eigenvalue weighted by molar-refractivity contribution is 6.31. The number of fused-ring (bicyclic) bond motifs is 1. The fraction of sp³-hybridized carbons (Fsp3) is 0.133. The maximum Gasteiger partial charge on any atom is 0.220 e. The van der Waals surface area contributed by atoms with Gasteiger partial charge in [-0.05, 0) is 65.7 Å². The predicted molar refractivity (Wildman–Crippen MR) is 144 cm³/mol. The molecule has 1 atom stereocenters. The number of hydrogen-bond acceptors (Lipinski definition) is 3. The summed E-state index contributed by atoms with van der Waals surface area (Å²) < 4.78 is 6.08. The second kappa shape index (κ2) is 11.1. The van der Waals surface area contributed by atoms with Crippen LogP contribution in [0, 0.1) is 0 Å². The van der Waals surface area contributed by atoms with E-state index in [-0.39, 0.29) is 18.2 Å². The van der Waals surface area contributed by atoms with Crippen LogP contribution >= 0.6 is 11.6 Å². The topological polar surface area (TPSA) is 67.0 Å². The fourth-order valence-electron chi connectivity index (χ4n) is 4.36. The first kappa shape index (κ1) is 23.6. The van der Waals surface area contributed by atoms with Crippen LogP contribution in [0.3, 0.4) is 0 Å². The van der Waals surface area contributed by atoms with Crippen LogP contribution in [-0.2, 0) is 11.2 Å². The SMILES string of the molecule is O=C(CC(c1cccc(Oc2ccccc2)c1)c1c[nH]c2ccc(Cl)cc12)NCCc1ccccn1. The number of aromatic amines is 1. The quantitative estimate of drug-likeness (QED) is 0.234. The number of H-pyrrole nitrogens is 1. The van der Waals surface area contributed by atoms with Crippen molar-refractivity contribution in [2.24, 2.45) is 0 Å². The number of aromatic nitrogens is 2. The predicted octanol–water partition coefficient (Wildman–Crippen LogP) is 6.89. The van der Waals surface area contributed by atoms with E-state index in [4.69, 9.17) is 16.3 Å². The first-order valence-corrected chi connectivity index (χ1v) is 12.3. The molecule has 6 heteroatoms. The van der Waals surface area contributed by atoms with Crippen LogP contribution < -0.4 is 10.1 Å². The molecule has 0 aliphatic heterocycles. The number of halogens is 1. The number of nitrogens with zero attached hydrogens (tertiary/aromatic N) is 1. The van der Waals surface area contributed by atoms with Gasteiger partial charge in [-0.2, -0.15) is 0 Å². The van der Waals surface area contributed by atoms with Gasteiger partial charge in [-0.1, -0.05) is 48.0 Å². The van der Waals surface area contributed by atoms with Crippen molar-refractivity contribution in [2.45, 2.75) is 18.8 Å². The van der Waals surface area contributed by atoms with Crippen molar-refractivity contribution < 1.29 is 9.53 Å². The highest BCUT2D eigenvalue weighted by Crippen LogP contribution is 2.36. The summed E-state index contributed by atoms with van der Waals surface area (Å²) in [7, 11) is 0. The van der Waals surface area contributed by atoms with Gasteiger partial charge < -0.3 is 15.0 Å². The number of ether oxygens (including phenoxy) is 1. The number of rotatable bonds is 9. The third-order valence-corrected chi connectivity index (χ3v) is 6.34. The highest BCUT2D eigenvalue weighted by Gasteiger charge is 2.22. The van der Waals surface area contributed by atoms with Crippen molar-refractivity contribution >= 4 is 28.4 Å². The van der Waals surface area contributed by atoms with Gasteiger partial charge in [0.25, 0.3) is 0 Å². The zero-order chi connectivity index (χ0) is 24.7. The Kier molecular flexibility index (Phi) is 7.29. The van der Waals surface area contributed by atoms with Crippen LogP contribution in [0.2, 0.25) is 5.02 Å². The number of hydrogen-bond donors (Lipinski definition) is 2. The van der Waals surface area contributed by atoms with Gasteiger partial charge in [0.05, 0.1) is 0 Å². The van der Waals surface area contributed by atoms with E-state index in [0.717, 1.165) is 39.2 Å². The lowest BCUT2D eigenvalue weighted by atomic mass is 9.88. The molecule has 36 heavy (non-hydrogen) atoms. The molecule has 5 nitrogen and oxygen atoms in total. The van der Waals surface area contributed by atoms with E-state index in [2.05, 4.69) is 15.3 Å². The van der Waals surface area contributed by atoms with Gasteiger partial charge in [-0.15, -0.1) is 0 Å². The monoisotopic (exact) mass is 495 g/mol. The molecule has 2 N–H and O–H groups in total. The van der Waals surface area contributed by atoms with Crippen molar-refractivity contribution in [3.8, 4) is 11.5 Å². The van der Waals surface area contributed by atoms with Crippen molar-refractivity contribution in [3.05, 3.63) is 125 Å². The molecule has 1 unspecified atom stereocenters. The molecule has 0 aliphatic rings. The average Bonchev–Trinajstić information content (AvgIpc) is 3.31. The van der Waals surface area contributed by atoms with E-state index in [0.29, 0.717) is 18.0 Å². The molecule has 0 fully saturated rings. The van der Waals surface area contributed by atoms with Gasteiger partial charge in [-0.3, -0.25) is 9.78 Å². The highest BCUT2D eigenvalue weighted by atomic mass is 35.5. The molecule has 3 aromatic carbocycles. The number of carbonyl (C=O) groups excluding carboxylic acids is 1. The zero-order valence-corrected chi connectivity index (χ0v) is 20.4. The van der Waals surface area contributed by atoms with E-state index in [1.807, 2.05) is 97.2 Å². The molecular weight excluding hydrogens is 470 g/mol. The Morgan fingerprint density at radius 3 is 2.61 bits per heavy atom. The number of nitrogens with one attached hydrogen (secondary N) is 2. The molecule has 0 bridgehead atoms. The first-order valence-electron chi connectivity index (χ1n) is 11.9. The van der Waals surface area contributed by atoms with Crippen LogP contribution in [0.5, 0.6) is 11.5 Å². The Morgan fingerprint density at radius 1 is 0.944 bits per heavy atom. The van der Waals surface area contributed by atoms with Crippen LogP contribution in [0.25, 0.3) is 10.9 Å². The molecule has 5 aromatic rings. The summed E-state index contributed by atoms with van der Waals surface area (Å²) in [6.07, 6.45) is 4.70. The Bertz CT molecular complexity index is 1450. The van der Waals surface area contributed by atoms with Crippen molar-refractivity contribution in [3.63, 3.8) is 0 Å². The van der Waals surface area contributed by atoms with Gasteiger partial charge in [0.2, 0.25) is 5.91 Å². The van der Waals surface area contributed by atoms with E-state index >= 15 is 0 Å². The van der Waals surface area contributed by atoms with Crippen LogP contribution in [0.1, 0.15) is 29.2 Å². The fourth-order valence-corrected chi connectivity index (χ4v) is 4.54. The standard InChI is InChI=1S/C30H26ClN3O2/c31-22-12-13-29-27(18-22)28(20-34-29)26(19-30(35)33-16-14-23-8-4-5-15-32-23)21-7-6-11-25(17-21)36-24-9-2-1-3-10-24/h1-13,15,17-18,20,26,34H,14,16,19H2,(H,33,35). The summed E-state index contributed by atoms with van der Waals surface area (Å²) >= 11 is 6.33. The molecule has 0 aliphatic carbocycles. The van der Waals surface area contributed by atoms with Crippen molar-refractivity contribution in [2.75, 3.05) is 6.54 Å². The molecule has 180 valence electrons. The lowest BCUT2D eigenvalue weighted by Crippen LogP contribution is -2.27. The minimum Gasteiger partial charge on any atom is -0.457 e. The Morgan fingerprint density at radius 2 is 1.78 bits per heavy atom. The van der Waals surface area contributed by atoms with Crippen LogP contribution in [-0.4, -0.2) is 22.4 Å². The van der Waals surface area contributed by atoms with Crippen LogP contribution in [0.4, 0.5) is 0 Å². The number of benzene rings is 3. The van der Waals surface area contributed by atoms with Gasteiger partial charge in [-0.25, -0.2) is 0 Å². The van der Waals surface area contributed by atoms with Gasteiger partial charge in [0.1, 0.15) is 11.5 Å². The molecular formula is C30H26ClN3O2. The van der Waals surface area contributed by atoms with Crippen molar-refractivity contribution in [1.29, 1.82) is 0 Å². The third-order valence-electron chi connectivity index (χ3n) is 6.11. The molecule has 2 aromatic heterocycles. The molecule has 0 spiro atoms. The Balaban J connectivity index is 1.41. The summed E-state index contributed by atoms with van der Waals surface area (Å²) in [5.74, 6) is 1.27. The summed E-state index contributed by atoms with van der Waals surface area (Å²) in [6.45, 7) is 0.527. The van der Waals surface area contributed by atoms with E-state index in [1.54, 1.807) is 6.20 Å². The molecule has 0 radical (unpaired) electrons. The smallest absolute Gasteiger partial charge is 0.220 e. The second-order valence-electron chi connectivity index (χ2n) is 8.60. The molecule has 5 rings (SSSR count). The Hall–Kier alpha value is -4.09. The van der Waals surface area contributed by atoms with E-state index in [9.17, 15) is 4.79 Å². The van der Waals surface area contributed by atoms with E-state index < -0.39 is 0 Å². The summed E-state index contributed by atoms with van der Waals surface area (Å²) in [5.41, 5.74) is 3.94. The number of carbonyl (C=O) groups is 1. The van der Waals surface area contributed by atoms with Gasteiger partial charge in [0, 0.05) is 59.3 Å². The minimum atomic E-state index is -0.189. The minimum absolute atomic E-state index is 0.0262. The van der Waals surface area contributed by atoms with Crippen molar-refractivity contribution in [1.82, 2.24) is 15.3 Å². The molecule has 0 saturated heterocycles. The number of para-hydroxylation sites is 1. The Labute approximate surface area is 215 Å². The second-order valence-corrected chi connectivity index (χ2v) is 9.04. The normalized spacial score (nSPS) is 11.8. The summed E-state index contributed by atoms with van der Waals surface area (Å²) in [5, 5.41) is 4.72. The molecule has 1 amide bonds. The molecule has 2 heterocycles. The van der Waals surface area contributed by atoms with Gasteiger partial charge >= 0.3 is 0 Å². The summed E-state index contributed by atoms with van der Waals surface area (Å²) in [4.78, 5) is 20.7. The number of amides is 1. The van der Waals surface area contributed by atoms with E-state index in [1.165, 1.54) is 0 Å². The lowest BCUT2D eigenvalue weighted by molar-refractivity contribution is -0.121. The largest absolute Gasteiger partial charge is 0.457 e. The number of pyridine rings is 1. The zero-order valence-electron chi connectivity index (χ0n) is 19.7. The maximum absolute atomic E-state index is 13.1. The average molecular weight is 496 g/mol. The lowest BCUT2D eigenvalue weighted by Gasteiger charge is -2.18. The van der Waals surface area contributed by atoms with Crippen LogP contribution in [0.15, 0.2) is 103 Å². The third kappa shape index (κ3) is 5.75. The first-order chi connectivity index (χ1) is 17.7. The van der Waals surface area contributed by atoms with Gasteiger partial charge in [0.15, 0.2) is 0 Å². The molecule has 0 saturated carbocycles.